The van der Waals surface area contributed by atoms with Crippen LogP contribution in [0.2, 0.25) is 0 Å². The Kier molecular flexibility index (Phi) is 4.70. The van der Waals surface area contributed by atoms with Gasteiger partial charge in [0.15, 0.2) is 0 Å². The zero-order chi connectivity index (χ0) is 15.6. The Balaban J connectivity index is 2.44. The van der Waals surface area contributed by atoms with Crippen molar-refractivity contribution in [2.75, 3.05) is 12.3 Å². The van der Waals surface area contributed by atoms with Crippen LogP contribution in [0.1, 0.15) is 22.9 Å². The van der Waals surface area contributed by atoms with Crippen molar-refractivity contribution in [3.8, 4) is 0 Å². The van der Waals surface area contributed by atoms with Gasteiger partial charge in [-0.3, -0.25) is 0 Å². The highest BCUT2D eigenvalue weighted by atomic mass is 32.2. The molecule has 0 spiro atoms. The molecule has 2 rings (SSSR count). The highest BCUT2D eigenvalue weighted by Gasteiger charge is 2.26. The quantitative estimate of drug-likeness (QED) is 0.859. The maximum atomic E-state index is 12.9. The van der Waals surface area contributed by atoms with E-state index in [1.807, 2.05) is 38.3 Å². The van der Waals surface area contributed by atoms with Crippen molar-refractivity contribution >= 4 is 27.0 Å². The third-order valence-corrected chi connectivity index (χ3v) is 6.43. The molecule has 0 aliphatic rings. The van der Waals surface area contributed by atoms with Crippen LogP contribution in [0.15, 0.2) is 34.5 Å². The lowest BCUT2D eigenvalue weighted by Gasteiger charge is -2.22. The van der Waals surface area contributed by atoms with Crippen molar-refractivity contribution in [1.82, 2.24) is 4.31 Å². The number of hydrogen-bond donors (Lipinski definition) is 1. The van der Waals surface area contributed by atoms with Crippen molar-refractivity contribution < 1.29 is 8.42 Å². The monoisotopic (exact) mass is 324 g/mol. The molecule has 2 N–H and O–H groups in total. The van der Waals surface area contributed by atoms with E-state index in [0.717, 1.165) is 16.0 Å². The van der Waals surface area contributed by atoms with E-state index < -0.39 is 10.0 Å². The van der Waals surface area contributed by atoms with Crippen molar-refractivity contribution in [3.05, 3.63) is 45.6 Å². The third kappa shape index (κ3) is 3.28. The van der Waals surface area contributed by atoms with Crippen LogP contribution in [0.3, 0.4) is 0 Å². The van der Waals surface area contributed by atoms with Gasteiger partial charge in [0.05, 0.1) is 4.90 Å². The summed E-state index contributed by atoms with van der Waals surface area (Å²) in [6.45, 7) is 6.36. The lowest BCUT2D eigenvalue weighted by Crippen LogP contribution is -2.30. The number of nitrogens with zero attached hydrogens (tertiary/aromatic N) is 1. The molecular weight excluding hydrogens is 304 g/mol. The maximum Gasteiger partial charge on any atom is 0.243 e. The molecule has 0 bridgehead atoms. The molecule has 1 heterocycles. The van der Waals surface area contributed by atoms with Gasteiger partial charge in [0.25, 0.3) is 0 Å². The molecule has 0 saturated heterocycles. The van der Waals surface area contributed by atoms with E-state index in [1.54, 1.807) is 23.5 Å². The van der Waals surface area contributed by atoms with Gasteiger partial charge in [0.1, 0.15) is 0 Å². The summed E-state index contributed by atoms with van der Waals surface area (Å²) < 4.78 is 27.3. The zero-order valence-corrected chi connectivity index (χ0v) is 14.1. The Hall–Kier alpha value is -1.37. The van der Waals surface area contributed by atoms with Gasteiger partial charge >= 0.3 is 0 Å². The second-order valence-electron chi connectivity index (χ2n) is 4.97. The minimum Gasteiger partial charge on any atom is -0.399 e. The standard InChI is InChI=1S/C15H20N2O2S2/c1-4-17(10-14-6-5-7-20-14)21(18,19)15-9-13(16)8-11(2)12(15)3/h5-9H,4,10,16H2,1-3H3. The molecule has 2 aromatic rings. The zero-order valence-electron chi connectivity index (χ0n) is 12.5. The first-order valence-corrected chi connectivity index (χ1v) is 9.07. The highest BCUT2D eigenvalue weighted by molar-refractivity contribution is 7.89. The molecule has 1 aromatic heterocycles. The summed E-state index contributed by atoms with van der Waals surface area (Å²) in [5.74, 6) is 0. The first-order chi connectivity index (χ1) is 9.86. The molecule has 0 atom stereocenters. The van der Waals surface area contributed by atoms with E-state index in [0.29, 0.717) is 23.7 Å². The Morgan fingerprint density at radius 1 is 1.29 bits per heavy atom. The summed E-state index contributed by atoms with van der Waals surface area (Å²) >= 11 is 1.56. The second kappa shape index (κ2) is 6.17. The molecule has 1 aromatic carbocycles. The largest absolute Gasteiger partial charge is 0.399 e. The minimum atomic E-state index is -3.54. The van der Waals surface area contributed by atoms with E-state index in [-0.39, 0.29) is 0 Å². The van der Waals surface area contributed by atoms with E-state index in [1.165, 1.54) is 4.31 Å². The number of aryl methyl sites for hydroxylation is 1. The number of sulfonamides is 1. The molecule has 21 heavy (non-hydrogen) atoms. The van der Waals surface area contributed by atoms with Crippen LogP contribution >= 0.6 is 11.3 Å². The summed E-state index contributed by atoms with van der Waals surface area (Å²) in [5.41, 5.74) is 7.95. The highest BCUT2D eigenvalue weighted by Crippen LogP contribution is 2.27. The fourth-order valence-corrected chi connectivity index (χ4v) is 4.77. The fraction of sp³-hybridized carbons (Fsp3) is 0.333. The second-order valence-corrected chi connectivity index (χ2v) is 7.91. The number of hydrogen-bond acceptors (Lipinski definition) is 4. The number of anilines is 1. The van der Waals surface area contributed by atoms with Crippen LogP contribution in [0, 0.1) is 13.8 Å². The smallest absolute Gasteiger partial charge is 0.243 e. The average Bonchev–Trinajstić information content (AvgIpc) is 2.92. The first-order valence-electron chi connectivity index (χ1n) is 6.75. The van der Waals surface area contributed by atoms with Gasteiger partial charge in [-0.25, -0.2) is 8.42 Å². The van der Waals surface area contributed by atoms with Gasteiger partial charge < -0.3 is 5.73 Å². The molecule has 0 fully saturated rings. The molecule has 0 saturated carbocycles. The first kappa shape index (κ1) is 16.0. The molecular formula is C15H20N2O2S2. The van der Waals surface area contributed by atoms with E-state index in [4.69, 9.17) is 5.73 Å². The number of thiophene rings is 1. The predicted molar refractivity (Wildman–Crippen MR) is 87.9 cm³/mol. The van der Waals surface area contributed by atoms with Crippen LogP contribution in [-0.4, -0.2) is 19.3 Å². The predicted octanol–water partition coefficient (Wildman–Crippen LogP) is 3.16. The lowest BCUT2D eigenvalue weighted by molar-refractivity contribution is 0.426. The minimum absolute atomic E-state index is 0.304. The van der Waals surface area contributed by atoms with Gasteiger partial charge in [0.2, 0.25) is 10.0 Å². The number of nitrogens with two attached hydrogens (primary N) is 1. The van der Waals surface area contributed by atoms with Crippen LogP contribution in [-0.2, 0) is 16.6 Å². The number of nitrogen functional groups attached to an aromatic ring is 1. The van der Waals surface area contributed by atoms with Crippen molar-refractivity contribution in [2.45, 2.75) is 32.2 Å². The van der Waals surface area contributed by atoms with Crippen molar-refractivity contribution in [1.29, 1.82) is 0 Å². The third-order valence-electron chi connectivity index (χ3n) is 3.52. The molecule has 4 nitrogen and oxygen atoms in total. The maximum absolute atomic E-state index is 12.9. The summed E-state index contributed by atoms with van der Waals surface area (Å²) in [6.07, 6.45) is 0. The van der Waals surface area contributed by atoms with E-state index >= 15 is 0 Å². The molecule has 6 heteroatoms. The Morgan fingerprint density at radius 3 is 2.57 bits per heavy atom. The van der Waals surface area contributed by atoms with Gasteiger partial charge in [-0.05, 0) is 48.6 Å². The fourth-order valence-electron chi connectivity index (χ4n) is 2.20. The number of benzene rings is 1. The van der Waals surface area contributed by atoms with Gasteiger partial charge in [-0.2, -0.15) is 4.31 Å². The molecule has 0 aliphatic heterocycles. The van der Waals surface area contributed by atoms with Gasteiger partial charge in [0, 0.05) is 23.7 Å². The Labute approximate surface area is 130 Å². The van der Waals surface area contributed by atoms with E-state index in [9.17, 15) is 8.42 Å². The normalized spacial score (nSPS) is 12.0. The van der Waals surface area contributed by atoms with Crippen LogP contribution < -0.4 is 5.73 Å². The van der Waals surface area contributed by atoms with Crippen LogP contribution in [0.25, 0.3) is 0 Å². The number of rotatable bonds is 5. The SMILES string of the molecule is CCN(Cc1cccs1)S(=O)(=O)c1cc(N)cc(C)c1C. The van der Waals surface area contributed by atoms with Crippen molar-refractivity contribution in [2.24, 2.45) is 0 Å². The van der Waals surface area contributed by atoms with Crippen molar-refractivity contribution in [3.63, 3.8) is 0 Å². The summed E-state index contributed by atoms with van der Waals surface area (Å²) in [4.78, 5) is 1.33. The van der Waals surface area contributed by atoms with E-state index in [2.05, 4.69) is 0 Å². The summed E-state index contributed by atoms with van der Waals surface area (Å²) in [5, 5.41) is 1.95. The van der Waals surface area contributed by atoms with Crippen LogP contribution in [0.5, 0.6) is 0 Å². The van der Waals surface area contributed by atoms with Gasteiger partial charge in [-0.15, -0.1) is 11.3 Å². The lowest BCUT2D eigenvalue weighted by atomic mass is 10.1. The summed E-state index contributed by atoms with van der Waals surface area (Å²) in [6, 6.07) is 7.22. The molecule has 0 aliphatic carbocycles. The Bertz CT molecular complexity index is 722. The Morgan fingerprint density at radius 2 is 2.00 bits per heavy atom. The average molecular weight is 324 g/mol. The van der Waals surface area contributed by atoms with Crippen LogP contribution in [0.4, 0.5) is 5.69 Å². The molecule has 0 amide bonds. The molecule has 0 unspecified atom stereocenters. The van der Waals surface area contributed by atoms with Gasteiger partial charge in [-0.1, -0.05) is 13.0 Å². The topological polar surface area (TPSA) is 63.4 Å². The summed E-state index contributed by atoms with van der Waals surface area (Å²) in [7, 11) is -3.54. The molecule has 114 valence electrons. The molecule has 0 radical (unpaired) electrons.